The van der Waals surface area contributed by atoms with Crippen LogP contribution in [0.3, 0.4) is 0 Å². The summed E-state index contributed by atoms with van der Waals surface area (Å²) in [4.78, 5) is 2.36. The molecule has 2 rings (SSSR count). The molecule has 94 valence electrons. The molecule has 0 amide bonds. The predicted octanol–water partition coefficient (Wildman–Crippen LogP) is 2.79. The molecule has 0 spiro atoms. The van der Waals surface area contributed by atoms with Gasteiger partial charge in [-0.1, -0.05) is 6.92 Å². The van der Waals surface area contributed by atoms with Gasteiger partial charge in [0.15, 0.2) is 0 Å². The standard InChI is InChI=1S/C14H21FN2/c1-2-13-8-11-17(10-3-9-16-13)14-6-4-12(15)5-7-14/h4-7,13,16H,2-3,8-11H2,1H3. The molecule has 1 saturated heterocycles. The summed E-state index contributed by atoms with van der Waals surface area (Å²) in [5.74, 6) is -0.158. The van der Waals surface area contributed by atoms with Crippen LogP contribution in [0.4, 0.5) is 10.1 Å². The zero-order valence-corrected chi connectivity index (χ0v) is 10.5. The smallest absolute Gasteiger partial charge is 0.123 e. The minimum Gasteiger partial charge on any atom is -0.371 e. The number of nitrogens with one attached hydrogen (secondary N) is 1. The third kappa shape index (κ3) is 3.43. The highest BCUT2D eigenvalue weighted by Crippen LogP contribution is 2.17. The molecule has 1 aliphatic heterocycles. The number of hydrogen-bond donors (Lipinski definition) is 1. The van der Waals surface area contributed by atoms with Crippen LogP contribution < -0.4 is 10.2 Å². The maximum Gasteiger partial charge on any atom is 0.123 e. The Balaban J connectivity index is 2.01. The molecule has 1 fully saturated rings. The van der Waals surface area contributed by atoms with Gasteiger partial charge in [-0.2, -0.15) is 0 Å². The first-order chi connectivity index (χ1) is 8.29. The van der Waals surface area contributed by atoms with Crippen LogP contribution in [0.1, 0.15) is 26.2 Å². The van der Waals surface area contributed by atoms with Gasteiger partial charge in [0, 0.05) is 24.8 Å². The maximum atomic E-state index is 12.9. The lowest BCUT2D eigenvalue weighted by molar-refractivity contribution is 0.439. The topological polar surface area (TPSA) is 15.3 Å². The Hall–Kier alpha value is -1.09. The van der Waals surface area contributed by atoms with Gasteiger partial charge in [0.05, 0.1) is 0 Å². The zero-order chi connectivity index (χ0) is 12.1. The Labute approximate surface area is 103 Å². The molecule has 0 saturated carbocycles. The van der Waals surface area contributed by atoms with Crippen molar-refractivity contribution in [1.29, 1.82) is 0 Å². The lowest BCUT2D eigenvalue weighted by Gasteiger charge is -2.30. The van der Waals surface area contributed by atoms with Crippen molar-refractivity contribution in [2.24, 2.45) is 0 Å². The first kappa shape index (κ1) is 12.4. The molecular weight excluding hydrogens is 215 g/mol. The highest BCUT2D eigenvalue weighted by atomic mass is 19.1. The van der Waals surface area contributed by atoms with Crippen LogP contribution in [0.15, 0.2) is 24.3 Å². The SMILES string of the molecule is CCC1CCN(c2ccc(F)cc2)CCCN1. The minimum atomic E-state index is -0.158. The van der Waals surface area contributed by atoms with Gasteiger partial charge >= 0.3 is 0 Å². The van der Waals surface area contributed by atoms with Crippen LogP contribution in [-0.2, 0) is 0 Å². The van der Waals surface area contributed by atoms with E-state index in [9.17, 15) is 4.39 Å². The van der Waals surface area contributed by atoms with Gasteiger partial charge < -0.3 is 10.2 Å². The fourth-order valence-corrected chi connectivity index (χ4v) is 2.36. The summed E-state index contributed by atoms with van der Waals surface area (Å²) in [5.41, 5.74) is 1.14. The number of benzene rings is 1. The second-order valence-electron chi connectivity index (χ2n) is 4.66. The van der Waals surface area contributed by atoms with Crippen molar-refractivity contribution in [3.8, 4) is 0 Å². The van der Waals surface area contributed by atoms with Gasteiger partial charge in [0.1, 0.15) is 5.82 Å². The van der Waals surface area contributed by atoms with E-state index in [0.717, 1.165) is 38.2 Å². The molecule has 3 heteroatoms. The first-order valence-electron chi connectivity index (χ1n) is 6.53. The van der Waals surface area contributed by atoms with Crippen molar-refractivity contribution in [3.63, 3.8) is 0 Å². The number of rotatable bonds is 2. The molecule has 0 radical (unpaired) electrons. The molecule has 0 bridgehead atoms. The molecule has 1 aromatic carbocycles. The average Bonchev–Trinajstić information content (AvgIpc) is 2.31. The second kappa shape index (κ2) is 6.01. The summed E-state index contributed by atoms with van der Waals surface area (Å²) < 4.78 is 12.9. The normalized spacial score (nSPS) is 22.0. The van der Waals surface area contributed by atoms with E-state index in [1.54, 1.807) is 12.1 Å². The lowest BCUT2D eigenvalue weighted by Crippen LogP contribution is -2.39. The summed E-state index contributed by atoms with van der Waals surface area (Å²) in [7, 11) is 0. The van der Waals surface area contributed by atoms with Gasteiger partial charge in [0.25, 0.3) is 0 Å². The van der Waals surface area contributed by atoms with Crippen molar-refractivity contribution in [2.75, 3.05) is 24.5 Å². The molecule has 1 aliphatic rings. The van der Waals surface area contributed by atoms with Gasteiger partial charge in [0.2, 0.25) is 0 Å². The number of anilines is 1. The molecule has 1 heterocycles. The molecule has 17 heavy (non-hydrogen) atoms. The second-order valence-corrected chi connectivity index (χ2v) is 4.66. The summed E-state index contributed by atoms with van der Waals surface area (Å²) in [5, 5.41) is 3.57. The molecule has 2 nitrogen and oxygen atoms in total. The molecule has 1 aromatic rings. The Morgan fingerprint density at radius 2 is 2.06 bits per heavy atom. The number of hydrogen-bond acceptors (Lipinski definition) is 2. The van der Waals surface area contributed by atoms with Crippen molar-refractivity contribution in [2.45, 2.75) is 32.2 Å². The fourth-order valence-electron chi connectivity index (χ4n) is 2.36. The molecule has 0 aromatic heterocycles. The van der Waals surface area contributed by atoms with E-state index in [1.165, 1.54) is 6.42 Å². The molecule has 1 atom stereocenters. The quantitative estimate of drug-likeness (QED) is 0.849. The van der Waals surface area contributed by atoms with Gasteiger partial charge in [-0.05, 0) is 50.1 Å². The van der Waals surface area contributed by atoms with Crippen LogP contribution in [0.2, 0.25) is 0 Å². The zero-order valence-electron chi connectivity index (χ0n) is 10.5. The van der Waals surface area contributed by atoms with Gasteiger partial charge in [-0.25, -0.2) is 4.39 Å². The third-order valence-corrected chi connectivity index (χ3v) is 3.47. The maximum absolute atomic E-state index is 12.9. The fraction of sp³-hybridized carbons (Fsp3) is 0.571. The summed E-state index contributed by atoms with van der Waals surface area (Å²) in [6.45, 7) is 5.41. The van der Waals surface area contributed by atoms with Crippen molar-refractivity contribution < 1.29 is 4.39 Å². The van der Waals surface area contributed by atoms with Crippen LogP contribution in [0.25, 0.3) is 0 Å². The van der Waals surface area contributed by atoms with E-state index in [1.807, 2.05) is 12.1 Å². The Morgan fingerprint density at radius 1 is 1.29 bits per heavy atom. The van der Waals surface area contributed by atoms with Crippen LogP contribution >= 0.6 is 0 Å². The average molecular weight is 236 g/mol. The van der Waals surface area contributed by atoms with Gasteiger partial charge in [-0.15, -0.1) is 0 Å². The molecular formula is C14H21FN2. The van der Waals surface area contributed by atoms with Crippen LogP contribution in [-0.4, -0.2) is 25.7 Å². The van der Waals surface area contributed by atoms with E-state index in [0.29, 0.717) is 6.04 Å². The van der Waals surface area contributed by atoms with E-state index >= 15 is 0 Å². The molecule has 1 N–H and O–H groups in total. The lowest BCUT2D eigenvalue weighted by atomic mass is 10.1. The van der Waals surface area contributed by atoms with Crippen molar-refractivity contribution in [3.05, 3.63) is 30.1 Å². The van der Waals surface area contributed by atoms with Crippen molar-refractivity contribution in [1.82, 2.24) is 5.32 Å². The van der Waals surface area contributed by atoms with E-state index in [4.69, 9.17) is 0 Å². The van der Waals surface area contributed by atoms with E-state index < -0.39 is 0 Å². The number of nitrogens with zero attached hydrogens (tertiary/aromatic N) is 1. The number of halogens is 1. The Bertz CT molecular complexity index is 337. The third-order valence-electron chi connectivity index (χ3n) is 3.47. The minimum absolute atomic E-state index is 0.158. The Morgan fingerprint density at radius 3 is 2.76 bits per heavy atom. The van der Waals surface area contributed by atoms with E-state index in [-0.39, 0.29) is 5.82 Å². The highest BCUT2D eigenvalue weighted by Gasteiger charge is 2.13. The van der Waals surface area contributed by atoms with E-state index in [2.05, 4.69) is 17.1 Å². The Kier molecular flexibility index (Phi) is 4.37. The van der Waals surface area contributed by atoms with Crippen LogP contribution in [0.5, 0.6) is 0 Å². The molecule has 0 aliphatic carbocycles. The molecule has 1 unspecified atom stereocenters. The van der Waals surface area contributed by atoms with Crippen molar-refractivity contribution >= 4 is 5.69 Å². The first-order valence-corrected chi connectivity index (χ1v) is 6.53. The summed E-state index contributed by atoms with van der Waals surface area (Å²) in [6, 6.07) is 7.47. The monoisotopic (exact) mass is 236 g/mol. The summed E-state index contributed by atoms with van der Waals surface area (Å²) in [6.07, 6.45) is 3.49. The highest BCUT2D eigenvalue weighted by molar-refractivity contribution is 5.46. The van der Waals surface area contributed by atoms with Gasteiger partial charge in [-0.3, -0.25) is 0 Å². The summed E-state index contributed by atoms with van der Waals surface area (Å²) >= 11 is 0. The predicted molar refractivity (Wildman–Crippen MR) is 69.9 cm³/mol. The largest absolute Gasteiger partial charge is 0.371 e. The van der Waals surface area contributed by atoms with Crippen LogP contribution in [0, 0.1) is 5.82 Å².